The van der Waals surface area contributed by atoms with Crippen molar-refractivity contribution in [1.29, 1.82) is 0 Å². The summed E-state index contributed by atoms with van der Waals surface area (Å²) in [7, 11) is 1.63. The second-order valence-corrected chi connectivity index (χ2v) is 4.78. The molecule has 0 bridgehead atoms. The van der Waals surface area contributed by atoms with E-state index in [4.69, 9.17) is 9.47 Å². The monoisotopic (exact) mass is 255 g/mol. The van der Waals surface area contributed by atoms with Crippen molar-refractivity contribution >= 4 is 0 Å². The normalized spacial score (nSPS) is 10.5. The average molecular weight is 255 g/mol. The molecule has 2 aromatic carbocycles. The van der Waals surface area contributed by atoms with Crippen LogP contribution in [-0.4, -0.2) is 7.11 Å². The number of methoxy groups -OCH3 is 1. The third-order valence-electron chi connectivity index (χ3n) is 3.02. The van der Waals surface area contributed by atoms with E-state index < -0.39 is 0 Å². The molecule has 2 heteroatoms. The Morgan fingerprint density at radius 1 is 1.11 bits per heavy atom. The molecule has 1 radical (unpaired) electrons. The van der Waals surface area contributed by atoms with Crippen LogP contribution in [0, 0.1) is 6.07 Å². The molecule has 0 saturated heterocycles. The molecule has 0 saturated carbocycles. The number of hydrogen-bond donors (Lipinski definition) is 0. The molecule has 0 unspecified atom stereocenters. The fourth-order valence-corrected chi connectivity index (χ4v) is 1.80. The standard InChI is InChI=1S/C17H19O2/c1-13(2)15-9-7-14(8-10-15)12-19-17-6-4-5-16(11-17)18-3/h4,6-11,13H,12H2,1-3H3. The van der Waals surface area contributed by atoms with Gasteiger partial charge in [0.05, 0.1) is 7.11 Å². The molecule has 0 aliphatic rings. The first kappa shape index (κ1) is 13.5. The van der Waals surface area contributed by atoms with Gasteiger partial charge in [-0.25, -0.2) is 0 Å². The summed E-state index contributed by atoms with van der Waals surface area (Å²) in [5.41, 5.74) is 2.51. The van der Waals surface area contributed by atoms with Crippen LogP contribution in [-0.2, 0) is 6.61 Å². The second-order valence-electron chi connectivity index (χ2n) is 4.78. The Morgan fingerprint density at radius 2 is 1.84 bits per heavy atom. The van der Waals surface area contributed by atoms with E-state index in [0.29, 0.717) is 18.3 Å². The maximum Gasteiger partial charge on any atom is 0.130 e. The van der Waals surface area contributed by atoms with Crippen molar-refractivity contribution in [3.8, 4) is 11.5 Å². The zero-order valence-electron chi connectivity index (χ0n) is 11.6. The molecule has 0 fully saturated rings. The van der Waals surface area contributed by atoms with Gasteiger partial charge in [-0.3, -0.25) is 0 Å². The molecule has 0 aliphatic carbocycles. The molecule has 0 atom stereocenters. The lowest BCUT2D eigenvalue weighted by atomic mass is 10.0. The van der Waals surface area contributed by atoms with E-state index in [1.807, 2.05) is 12.1 Å². The number of benzene rings is 2. The first-order valence-electron chi connectivity index (χ1n) is 6.46. The van der Waals surface area contributed by atoms with Crippen LogP contribution in [0.2, 0.25) is 0 Å². The maximum atomic E-state index is 5.73. The molecule has 0 aromatic heterocycles. The van der Waals surface area contributed by atoms with E-state index in [2.05, 4.69) is 44.2 Å². The van der Waals surface area contributed by atoms with Crippen LogP contribution in [0.3, 0.4) is 0 Å². The molecular formula is C17H19O2. The highest BCUT2D eigenvalue weighted by atomic mass is 16.5. The Balaban J connectivity index is 1.98. The van der Waals surface area contributed by atoms with Crippen LogP contribution in [0.25, 0.3) is 0 Å². The van der Waals surface area contributed by atoms with E-state index in [-0.39, 0.29) is 0 Å². The van der Waals surface area contributed by atoms with Gasteiger partial charge >= 0.3 is 0 Å². The Bertz CT molecular complexity index is 515. The quantitative estimate of drug-likeness (QED) is 0.797. The van der Waals surface area contributed by atoms with Crippen LogP contribution < -0.4 is 9.47 Å². The predicted molar refractivity (Wildman–Crippen MR) is 76.7 cm³/mol. The van der Waals surface area contributed by atoms with Crippen molar-refractivity contribution in [2.24, 2.45) is 0 Å². The minimum absolute atomic E-state index is 0.559. The summed E-state index contributed by atoms with van der Waals surface area (Å²) in [4.78, 5) is 0. The molecule has 2 nitrogen and oxygen atoms in total. The minimum atomic E-state index is 0.559. The lowest BCUT2D eigenvalue weighted by Crippen LogP contribution is -1.96. The SMILES string of the molecule is COc1[c]ccc(OCc2ccc(C(C)C)cc2)c1. The zero-order valence-corrected chi connectivity index (χ0v) is 11.6. The van der Waals surface area contributed by atoms with Crippen LogP contribution in [0.5, 0.6) is 11.5 Å². The molecule has 2 rings (SSSR count). The van der Waals surface area contributed by atoms with E-state index in [1.165, 1.54) is 5.56 Å². The summed E-state index contributed by atoms with van der Waals surface area (Å²) in [6, 6.07) is 17.0. The van der Waals surface area contributed by atoms with Crippen molar-refractivity contribution in [3.05, 3.63) is 59.7 Å². The first-order valence-corrected chi connectivity index (χ1v) is 6.46. The minimum Gasteiger partial charge on any atom is -0.496 e. The third-order valence-corrected chi connectivity index (χ3v) is 3.02. The van der Waals surface area contributed by atoms with Crippen molar-refractivity contribution in [2.45, 2.75) is 26.4 Å². The van der Waals surface area contributed by atoms with Gasteiger partial charge in [0, 0.05) is 12.1 Å². The molecule has 0 heterocycles. The van der Waals surface area contributed by atoms with Crippen LogP contribution >= 0.6 is 0 Å². The van der Waals surface area contributed by atoms with Crippen LogP contribution in [0.15, 0.2) is 42.5 Å². The van der Waals surface area contributed by atoms with E-state index in [0.717, 1.165) is 11.3 Å². The zero-order chi connectivity index (χ0) is 13.7. The fraction of sp³-hybridized carbons (Fsp3) is 0.294. The molecule has 19 heavy (non-hydrogen) atoms. The molecule has 0 aliphatic heterocycles. The first-order chi connectivity index (χ1) is 9.19. The second kappa shape index (κ2) is 6.28. The maximum absolute atomic E-state index is 5.73. The van der Waals surface area contributed by atoms with Crippen molar-refractivity contribution in [2.75, 3.05) is 7.11 Å². The fourth-order valence-electron chi connectivity index (χ4n) is 1.80. The van der Waals surface area contributed by atoms with Crippen LogP contribution in [0.4, 0.5) is 0 Å². The Hall–Kier alpha value is -1.96. The van der Waals surface area contributed by atoms with Crippen molar-refractivity contribution in [3.63, 3.8) is 0 Å². The Morgan fingerprint density at radius 3 is 2.47 bits per heavy atom. The van der Waals surface area contributed by atoms with Gasteiger partial charge in [0.25, 0.3) is 0 Å². The molecule has 0 spiro atoms. The molecule has 2 aromatic rings. The highest BCUT2D eigenvalue weighted by molar-refractivity contribution is 5.32. The van der Waals surface area contributed by atoms with Gasteiger partial charge in [-0.2, -0.15) is 0 Å². The molecular weight excluding hydrogens is 236 g/mol. The lowest BCUT2D eigenvalue weighted by molar-refractivity contribution is 0.303. The molecule has 0 amide bonds. The predicted octanol–water partition coefficient (Wildman–Crippen LogP) is 4.20. The summed E-state index contributed by atoms with van der Waals surface area (Å²) in [6.45, 7) is 4.95. The summed E-state index contributed by atoms with van der Waals surface area (Å²) in [5.74, 6) is 2.04. The van der Waals surface area contributed by atoms with E-state index in [9.17, 15) is 0 Å². The summed E-state index contributed by atoms with van der Waals surface area (Å²) in [6.07, 6.45) is 0. The molecule has 99 valence electrons. The number of ether oxygens (including phenoxy) is 2. The Kier molecular flexibility index (Phi) is 4.45. The van der Waals surface area contributed by atoms with Gasteiger partial charge in [0.15, 0.2) is 0 Å². The smallest absolute Gasteiger partial charge is 0.130 e. The summed E-state index contributed by atoms with van der Waals surface area (Å²) in [5, 5.41) is 0. The van der Waals surface area contributed by atoms with Gasteiger partial charge in [-0.15, -0.1) is 0 Å². The van der Waals surface area contributed by atoms with Gasteiger partial charge < -0.3 is 9.47 Å². The highest BCUT2D eigenvalue weighted by Gasteiger charge is 2.01. The Labute approximate surface area is 115 Å². The van der Waals surface area contributed by atoms with Gasteiger partial charge in [-0.1, -0.05) is 38.1 Å². The van der Waals surface area contributed by atoms with Crippen molar-refractivity contribution < 1.29 is 9.47 Å². The number of hydrogen-bond acceptors (Lipinski definition) is 2. The van der Waals surface area contributed by atoms with E-state index in [1.54, 1.807) is 13.2 Å². The third kappa shape index (κ3) is 3.75. The topological polar surface area (TPSA) is 18.5 Å². The highest BCUT2D eigenvalue weighted by Crippen LogP contribution is 2.20. The molecule has 0 N–H and O–H groups in total. The van der Waals surface area contributed by atoms with Crippen LogP contribution in [0.1, 0.15) is 30.9 Å². The average Bonchev–Trinajstić information content (AvgIpc) is 2.46. The number of rotatable bonds is 5. The largest absolute Gasteiger partial charge is 0.496 e. The summed E-state index contributed by atoms with van der Waals surface area (Å²) >= 11 is 0. The van der Waals surface area contributed by atoms with Gasteiger partial charge in [0.1, 0.15) is 18.1 Å². The van der Waals surface area contributed by atoms with Gasteiger partial charge in [-0.05, 0) is 29.2 Å². The van der Waals surface area contributed by atoms with Crippen molar-refractivity contribution in [1.82, 2.24) is 0 Å². The van der Waals surface area contributed by atoms with Gasteiger partial charge in [0.2, 0.25) is 0 Å². The summed E-state index contributed by atoms with van der Waals surface area (Å²) < 4.78 is 10.8. The van der Waals surface area contributed by atoms with E-state index >= 15 is 0 Å². The lowest BCUT2D eigenvalue weighted by Gasteiger charge is -2.09.